The Balaban J connectivity index is 1.44. The van der Waals surface area contributed by atoms with Gasteiger partial charge in [0.05, 0.1) is 14.2 Å². The average molecular weight is 439 g/mol. The monoisotopic (exact) mass is 438 g/mol. The van der Waals surface area contributed by atoms with Gasteiger partial charge in [-0.1, -0.05) is 24.3 Å². The molecule has 0 fully saturated rings. The van der Waals surface area contributed by atoms with Crippen molar-refractivity contribution in [3.63, 3.8) is 0 Å². The Morgan fingerprint density at radius 3 is 2.69 bits per heavy atom. The van der Waals surface area contributed by atoms with Crippen LogP contribution >= 0.6 is 0 Å². The number of amides is 1. The second-order valence-corrected chi connectivity index (χ2v) is 7.65. The summed E-state index contributed by atoms with van der Waals surface area (Å²) in [5.41, 5.74) is 3.47. The number of benzene rings is 2. The smallest absolute Gasteiger partial charge is 0.227 e. The van der Waals surface area contributed by atoms with E-state index in [1.54, 1.807) is 14.2 Å². The first kappa shape index (κ1) is 23.4. The minimum atomic E-state index is 0.177. The van der Waals surface area contributed by atoms with Gasteiger partial charge < -0.3 is 25.0 Å². The summed E-state index contributed by atoms with van der Waals surface area (Å²) in [5.74, 6) is 2.41. The van der Waals surface area contributed by atoms with E-state index in [0.29, 0.717) is 13.0 Å². The lowest BCUT2D eigenvalue weighted by molar-refractivity contribution is -0.118. The molecular weight excluding hydrogens is 404 g/mol. The molecule has 0 bridgehead atoms. The zero-order valence-corrected chi connectivity index (χ0v) is 19.3. The summed E-state index contributed by atoms with van der Waals surface area (Å²) in [4.78, 5) is 19.2. The van der Waals surface area contributed by atoms with Crippen molar-refractivity contribution in [3.05, 3.63) is 53.6 Å². The number of rotatable bonds is 10. The first-order valence-electron chi connectivity index (χ1n) is 11.3. The molecular formula is C25H34N4O3. The highest BCUT2D eigenvalue weighted by atomic mass is 16.5. The van der Waals surface area contributed by atoms with Crippen molar-refractivity contribution in [2.45, 2.75) is 32.6 Å². The highest BCUT2D eigenvalue weighted by Gasteiger charge is 2.23. The maximum Gasteiger partial charge on any atom is 0.227 e. The van der Waals surface area contributed by atoms with E-state index in [0.717, 1.165) is 67.6 Å². The van der Waals surface area contributed by atoms with Gasteiger partial charge in [-0.25, -0.2) is 0 Å². The number of para-hydroxylation sites is 1. The number of anilines is 1. The SMILES string of the molecule is CCNC(=NCCCC(=O)N1CCc2ccccc21)NCCc1ccc(OC)c(OC)c1. The lowest BCUT2D eigenvalue weighted by Gasteiger charge is -2.17. The zero-order chi connectivity index (χ0) is 22.8. The zero-order valence-electron chi connectivity index (χ0n) is 19.3. The maximum atomic E-state index is 12.6. The number of nitrogens with zero attached hydrogens (tertiary/aromatic N) is 2. The van der Waals surface area contributed by atoms with Gasteiger partial charge in [-0.05, 0) is 55.5 Å². The number of carbonyl (C=O) groups excluding carboxylic acids is 1. The Bertz CT molecular complexity index is 929. The number of hydrogen-bond acceptors (Lipinski definition) is 4. The fraction of sp³-hybridized carbons (Fsp3) is 0.440. The minimum absolute atomic E-state index is 0.177. The van der Waals surface area contributed by atoms with Crippen LogP contribution in [-0.4, -0.2) is 52.3 Å². The minimum Gasteiger partial charge on any atom is -0.493 e. The van der Waals surface area contributed by atoms with Crippen molar-refractivity contribution in [2.24, 2.45) is 4.99 Å². The van der Waals surface area contributed by atoms with Crippen LogP contribution in [0.15, 0.2) is 47.5 Å². The van der Waals surface area contributed by atoms with Gasteiger partial charge in [0.2, 0.25) is 5.91 Å². The third kappa shape index (κ3) is 6.15. The Morgan fingerprint density at radius 1 is 1.09 bits per heavy atom. The predicted octanol–water partition coefficient (Wildman–Crippen LogP) is 3.17. The van der Waals surface area contributed by atoms with Gasteiger partial charge in [-0.2, -0.15) is 0 Å². The van der Waals surface area contributed by atoms with Crippen LogP contribution in [0.25, 0.3) is 0 Å². The van der Waals surface area contributed by atoms with E-state index < -0.39 is 0 Å². The summed E-state index contributed by atoms with van der Waals surface area (Å²) in [6.07, 6.45) is 3.00. The molecule has 32 heavy (non-hydrogen) atoms. The van der Waals surface area contributed by atoms with Crippen LogP contribution in [0.2, 0.25) is 0 Å². The van der Waals surface area contributed by atoms with Crippen molar-refractivity contribution in [2.75, 3.05) is 45.3 Å². The lowest BCUT2D eigenvalue weighted by atomic mass is 10.1. The number of carbonyl (C=O) groups is 1. The Labute approximate surface area is 190 Å². The van der Waals surface area contributed by atoms with Crippen LogP contribution in [0.4, 0.5) is 5.69 Å². The number of ether oxygens (including phenoxy) is 2. The summed E-state index contributed by atoms with van der Waals surface area (Å²) >= 11 is 0. The van der Waals surface area contributed by atoms with E-state index in [1.165, 1.54) is 5.56 Å². The molecule has 0 radical (unpaired) electrons. The van der Waals surface area contributed by atoms with Crippen molar-refractivity contribution >= 4 is 17.6 Å². The number of nitrogens with one attached hydrogen (secondary N) is 2. The Morgan fingerprint density at radius 2 is 1.91 bits per heavy atom. The lowest BCUT2D eigenvalue weighted by Crippen LogP contribution is -2.38. The molecule has 1 aliphatic heterocycles. The van der Waals surface area contributed by atoms with E-state index in [2.05, 4.69) is 21.7 Å². The number of fused-ring (bicyclic) bond motifs is 1. The molecule has 0 atom stereocenters. The third-order valence-electron chi connectivity index (χ3n) is 5.51. The fourth-order valence-electron chi connectivity index (χ4n) is 3.86. The topological polar surface area (TPSA) is 75.2 Å². The van der Waals surface area contributed by atoms with Gasteiger partial charge in [0.15, 0.2) is 17.5 Å². The van der Waals surface area contributed by atoms with Crippen LogP contribution in [0.3, 0.4) is 0 Å². The molecule has 0 aliphatic carbocycles. The van der Waals surface area contributed by atoms with Gasteiger partial charge >= 0.3 is 0 Å². The average Bonchev–Trinajstić information content (AvgIpc) is 3.26. The summed E-state index contributed by atoms with van der Waals surface area (Å²) in [6.45, 7) is 4.95. The summed E-state index contributed by atoms with van der Waals surface area (Å²) in [7, 11) is 3.28. The van der Waals surface area contributed by atoms with Gasteiger partial charge in [0.1, 0.15) is 0 Å². The molecule has 1 aliphatic rings. The van der Waals surface area contributed by atoms with Crippen LogP contribution in [-0.2, 0) is 17.6 Å². The van der Waals surface area contributed by atoms with Gasteiger partial charge in [-0.3, -0.25) is 9.79 Å². The van der Waals surface area contributed by atoms with Gasteiger partial charge in [0, 0.05) is 38.3 Å². The molecule has 1 heterocycles. The second-order valence-electron chi connectivity index (χ2n) is 7.65. The molecule has 0 unspecified atom stereocenters. The molecule has 2 N–H and O–H groups in total. The number of methoxy groups -OCH3 is 2. The molecule has 0 saturated carbocycles. The molecule has 0 spiro atoms. The van der Waals surface area contributed by atoms with E-state index >= 15 is 0 Å². The maximum absolute atomic E-state index is 12.6. The van der Waals surface area contributed by atoms with Crippen molar-refractivity contribution in [1.82, 2.24) is 10.6 Å². The molecule has 172 valence electrons. The normalized spacial score (nSPS) is 13.0. The van der Waals surface area contributed by atoms with Crippen molar-refractivity contribution in [1.29, 1.82) is 0 Å². The summed E-state index contributed by atoms with van der Waals surface area (Å²) in [5, 5.41) is 6.63. The third-order valence-corrected chi connectivity index (χ3v) is 5.51. The summed E-state index contributed by atoms with van der Waals surface area (Å²) < 4.78 is 10.7. The standard InChI is InChI=1S/C25H34N4O3/c1-4-26-25(28-16-13-19-11-12-22(31-2)23(18-19)32-3)27-15-7-10-24(30)29-17-14-20-8-5-6-9-21(20)29/h5-6,8-9,11-12,18H,4,7,10,13-17H2,1-3H3,(H2,26,27,28). The predicted molar refractivity (Wildman–Crippen MR) is 129 cm³/mol. The molecule has 0 aromatic heterocycles. The molecule has 7 nitrogen and oxygen atoms in total. The highest BCUT2D eigenvalue weighted by molar-refractivity contribution is 5.95. The Kier molecular flexibility index (Phi) is 8.78. The number of hydrogen-bond donors (Lipinski definition) is 2. The molecule has 0 saturated heterocycles. The first-order chi connectivity index (χ1) is 15.7. The number of guanidine groups is 1. The van der Waals surface area contributed by atoms with E-state index in [-0.39, 0.29) is 5.91 Å². The highest BCUT2D eigenvalue weighted by Crippen LogP contribution is 2.28. The van der Waals surface area contributed by atoms with E-state index in [4.69, 9.17) is 9.47 Å². The van der Waals surface area contributed by atoms with E-state index in [9.17, 15) is 4.79 Å². The quantitative estimate of drug-likeness (QED) is 0.339. The van der Waals surface area contributed by atoms with Gasteiger partial charge in [-0.15, -0.1) is 0 Å². The second kappa shape index (κ2) is 12.0. The number of aliphatic imine (C=N–C) groups is 1. The molecule has 1 amide bonds. The summed E-state index contributed by atoms with van der Waals surface area (Å²) in [6, 6.07) is 14.1. The largest absolute Gasteiger partial charge is 0.493 e. The van der Waals surface area contributed by atoms with Crippen molar-refractivity contribution < 1.29 is 14.3 Å². The van der Waals surface area contributed by atoms with Crippen molar-refractivity contribution in [3.8, 4) is 11.5 Å². The molecule has 3 rings (SSSR count). The van der Waals surface area contributed by atoms with Crippen LogP contribution in [0, 0.1) is 0 Å². The van der Waals surface area contributed by atoms with Crippen LogP contribution in [0.5, 0.6) is 11.5 Å². The fourth-order valence-corrected chi connectivity index (χ4v) is 3.86. The van der Waals surface area contributed by atoms with Gasteiger partial charge in [0.25, 0.3) is 0 Å². The molecule has 2 aromatic rings. The Hall–Kier alpha value is -3.22. The molecule has 2 aromatic carbocycles. The first-order valence-corrected chi connectivity index (χ1v) is 11.3. The van der Waals surface area contributed by atoms with Crippen LogP contribution in [0.1, 0.15) is 30.9 Å². The van der Waals surface area contributed by atoms with E-state index in [1.807, 2.05) is 48.2 Å². The molecule has 7 heteroatoms. The van der Waals surface area contributed by atoms with Crippen LogP contribution < -0.4 is 25.0 Å².